The van der Waals surface area contributed by atoms with Crippen molar-refractivity contribution in [2.75, 3.05) is 61.2 Å². The first-order valence-electron chi connectivity index (χ1n) is 19.3. The number of aryl methyl sites for hydroxylation is 1. The molecule has 5 fully saturated rings. The fourth-order valence-corrected chi connectivity index (χ4v) is 13.2. The Balaban J connectivity index is 1.28. The largest absolute Gasteiger partial charge is 0.493 e. The molecule has 8 aliphatic rings. The van der Waals surface area contributed by atoms with E-state index >= 15 is 0 Å². The summed E-state index contributed by atoms with van der Waals surface area (Å²) in [6, 6.07) is 4.52. The standard InChI is InChI=1S/C41H51N3O11S/c1-18-11-22-12-24-39(46)44-25-15-52-40(47)41(23-14-27(49-6)26(48-5)13-21(23)9-10-42-41)16-56-38(32(44)31(43(24)4)28(22)36(51-8)33(18)50-7)30-29(25)37-35(53-17-54-37)19(2)34(30)55-20(3)45/h11,13-14,24-25,29-32,34,37-39,42,46H,9-10,12,15-17H2,1-8H3/t24-,25+,29?,30?,31-,32?,34?,37?,38-,39+,41-/m1/s1. The van der Waals surface area contributed by atoms with E-state index < -0.39 is 42.0 Å². The molecule has 10 rings (SSSR count). The van der Waals surface area contributed by atoms with Crippen LogP contribution in [0.3, 0.4) is 0 Å². The zero-order valence-electron chi connectivity index (χ0n) is 33.1. The monoisotopic (exact) mass is 793 g/mol. The van der Waals surface area contributed by atoms with Crippen LogP contribution in [0.25, 0.3) is 0 Å². The molecule has 0 aromatic heterocycles. The van der Waals surface area contributed by atoms with E-state index in [4.69, 9.17) is 37.9 Å². The number of carbonyl (C=O) groups excluding carboxylic acids is 2. The minimum Gasteiger partial charge on any atom is -0.493 e. The molecular weight excluding hydrogens is 743 g/mol. The summed E-state index contributed by atoms with van der Waals surface area (Å²) in [5.74, 6) is 1.87. The number of methoxy groups -OCH3 is 4. The lowest BCUT2D eigenvalue weighted by Crippen LogP contribution is -2.78. The predicted octanol–water partition coefficient (Wildman–Crippen LogP) is 2.84. The number of aliphatic hydroxyl groups is 1. The van der Waals surface area contributed by atoms with Crippen molar-refractivity contribution in [3.8, 4) is 23.0 Å². The molecule has 11 atom stereocenters. The molecule has 4 bridgehead atoms. The Labute approximate surface area is 331 Å². The van der Waals surface area contributed by atoms with Crippen LogP contribution in [0, 0.1) is 18.8 Å². The van der Waals surface area contributed by atoms with E-state index in [-0.39, 0.29) is 54.4 Å². The summed E-state index contributed by atoms with van der Waals surface area (Å²) in [4.78, 5) is 32.4. The van der Waals surface area contributed by atoms with Crippen LogP contribution >= 0.6 is 11.8 Å². The number of aliphatic hydroxyl groups excluding tert-OH is 1. The first-order chi connectivity index (χ1) is 27.0. The van der Waals surface area contributed by atoms with Crippen LogP contribution in [-0.4, -0.2) is 130 Å². The molecule has 0 radical (unpaired) electrons. The Kier molecular flexibility index (Phi) is 9.44. The number of piperidine rings is 1. The molecule has 14 nitrogen and oxygen atoms in total. The average molecular weight is 794 g/mol. The summed E-state index contributed by atoms with van der Waals surface area (Å²) >= 11 is 1.64. The molecule has 56 heavy (non-hydrogen) atoms. The number of nitrogens with one attached hydrogen (secondary N) is 1. The number of nitrogens with zero attached hydrogens (tertiary/aromatic N) is 2. The van der Waals surface area contributed by atoms with Gasteiger partial charge in [-0.05, 0) is 68.1 Å². The smallest absolute Gasteiger partial charge is 0.331 e. The summed E-state index contributed by atoms with van der Waals surface area (Å²) in [5, 5.41) is 16.0. The van der Waals surface area contributed by atoms with Crippen LogP contribution in [0.5, 0.6) is 23.0 Å². The molecule has 1 spiro atoms. The molecule has 5 saturated heterocycles. The van der Waals surface area contributed by atoms with E-state index in [0.717, 1.165) is 33.4 Å². The van der Waals surface area contributed by atoms with Gasteiger partial charge in [-0.2, -0.15) is 11.8 Å². The highest BCUT2D eigenvalue weighted by molar-refractivity contribution is 8.00. The maximum absolute atomic E-state index is 14.9. The zero-order chi connectivity index (χ0) is 39.4. The van der Waals surface area contributed by atoms with Crippen molar-refractivity contribution in [3.05, 3.63) is 57.3 Å². The maximum Gasteiger partial charge on any atom is 0.331 e. The third-order valence-electron chi connectivity index (χ3n) is 13.6. The van der Waals surface area contributed by atoms with Gasteiger partial charge in [-0.15, -0.1) is 0 Å². The van der Waals surface area contributed by atoms with Crippen molar-refractivity contribution in [3.63, 3.8) is 0 Å². The van der Waals surface area contributed by atoms with Crippen molar-refractivity contribution in [1.82, 2.24) is 15.1 Å². The quantitative estimate of drug-likeness (QED) is 0.428. The molecule has 0 amide bonds. The van der Waals surface area contributed by atoms with Crippen LogP contribution in [0.2, 0.25) is 0 Å². The minimum absolute atomic E-state index is 0.0413. The zero-order valence-corrected chi connectivity index (χ0v) is 33.9. The molecule has 2 aromatic rings. The highest BCUT2D eigenvalue weighted by atomic mass is 32.2. The Morgan fingerprint density at radius 1 is 0.982 bits per heavy atom. The molecule has 7 aliphatic heterocycles. The highest BCUT2D eigenvalue weighted by Gasteiger charge is 2.67. The molecule has 302 valence electrons. The lowest BCUT2D eigenvalue weighted by atomic mass is 9.62. The van der Waals surface area contributed by atoms with Gasteiger partial charge in [0.15, 0.2) is 35.3 Å². The highest BCUT2D eigenvalue weighted by Crippen LogP contribution is 2.60. The van der Waals surface area contributed by atoms with Crippen molar-refractivity contribution < 1.29 is 52.6 Å². The molecule has 2 aromatic carbocycles. The maximum atomic E-state index is 14.9. The van der Waals surface area contributed by atoms with Gasteiger partial charge in [0, 0.05) is 53.5 Å². The lowest BCUT2D eigenvalue weighted by Gasteiger charge is -2.66. The number of hydrogen-bond acceptors (Lipinski definition) is 15. The molecule has 1 aliphatic carbocycles. The second-order valence-electron chi connectivity index (χ2n) is 16.0. The first kappa shape index (κ1) is 37.8. The number of likely N-dealkylation sites (N-methyl/N-ethyl adjacent to an activating group) is 1. The number of benzene rings is 2. The number of thioether (sulfide) groups is 1. The Morgan fingerprint density at radius 2 is 1.73 bits per heavy atom. The molecule has 5 unspecified atom stereocenters. The van der Waals surface area contributed by atoms with E-state index in [2.05, 4.69) is 28.2 Å². The van der Waals surface area contributed by atoms with Gasteiger partial charge in [0.2, 0.25) is 0 Å². The van der Waals surface area contributed by atoms with Gasteiger partial charge >= 0.3 is 11.9 Å². The SMILES string of the molecule is COc1cc2c(cc1OC)[C@@]1(CS[C@@H]3C4C(OC(C)=O)C(C)=C5OCOC5C4[C@H](COC1=O)N1C3[C@H]3c4c(cc(C)c(OC)c4OC)C[C@H]([C@@H]1O)N3C)NCC2. The van der Waals surface area contributed by atoms with Gasteiger partial charge in [-0.3, -0.25) is 19.9 Å². The number of hydrogen-bond donors (Lipinski definition) is 2. The molecule has 7 heterocycles. The lowest BCUT2D eigenvalue weighted by molar-refractivity contribution is -0.224. The summed E-state index contributed by atoms with van der Waals surface area (Å²) in [6.07, 6.45) is -0.827. The average Bonchev–Trinajstić information content (AvgIpc) is 3.68. The predicted molar refractivity (Wildman–Crippen MR) is 204 cm³/mol. The number of rotatable bonds is 5. The van der Waals surface area contributed by atoms with E-state index in [1.807, 2.05) is 26.0 Å². The van der Waals surface area contributed by atoms with Crippen LogP contribution in [0.15, 0.2) is 29.5 Å². The minimum atomic E-state index is -1.24. The van der Waals surface area contributed by atoms with Crippen LogP contribution < -0.4 is 24.3 Å². The third kappa shape index (κ3) is 5.26. The van der Waals surface area contributed by atoms with Crippen LogP contribution in [0.4, 0.5) is 0 Å². The van der Waals surface area contributed by atoms with Crippen LogP contribution in [0.1, 0.15) is 47.7 Å². The van der Waals surface area contributed by atoms with Crippen molar-refractivity contribution in [2.45, 2.75) is 87.0 Å². The van der Waals surface area contributed by atoms with Gasteiger partial charge in [0.1, 0.15) is 30.8 Å². The second kappa shape index (κ2) is 14.0. The number of ether oxygens (including phenoxy) is 8. The molecule has 15 heteroatoms. The van der Waals surface area contributed by atoms with Crippen molar-refractivity contribution >= 4 is 23.7 Å². The topological polar surface area (TPSA) is 147 Å². The Bertz CT molecular complexity index is 1990. The third-order valence-corrected chi connectivity index (χ3v) is 15.2. The fourth-order valence-electron chi connectivity index (χ4n) is 11.3. The second-order valence-corrected chi connectivity index (χ2v) is 17.2. The normalized spacial score (nSPS) is 35.9. The molecule has 2 N–H and O–H groups in total. The Hall–Kier alpha value is -3.73. The van der Waals surface area contributed by atoms with E-state index in [1.54, 1.807) is 40.2 Å². The fraction of sp³-hybridized carbons (Fsp3) is 0.610. The van der Waals surface area contributed by atoms with Crippen molar-refractivity contribution in [1.29, 1.82) is 0 Å². The van der Waals surface area contributed by atoms with E-state index in [1.165, 1.54) is 6.92 Å². The number of piperazine rings is 1. The molecular formula is C41H51N3O11S. The summed E-state index contributed by atoms with van der Waals surface area (Å²) in [5.41, 5.74) is 4.38. The van der Waals surface area contributed by atoms with E-state index in [9.17, 15) is 14.7 Å². The Morgan fingerprint density at radius 3 is 2.45 bits per heavy atom. The number of carbonyl (C=O) groups is 2. The number of esters is 2. The summed E-state index contributed by atoms with van der Waals surface area (Å²) in [6.45, 7) is 5.96. The van der Waals surface area contributed by atoms with Crippen molar-refractivity contribution in [2.24, 2.45) is 11.8 Å². The van der Waals surface area contributed by atoms with Gasteiger partial charge in [-0.25, -0.2) is 4.79 Å². The summed E-state index contributed by atoms with van der Waals surface area (Å²) in [7, 11) is 8.59. The molecule has 0 saturated carbocycles. The van der Waals surface area contributed by atoms with Gasteiger partial charge in [-0.1, -0.05) is 6.07 Å². The van der Waals surface area contributed by atoms with Gasteiger partial charge in [0.05, 0.1) is 46.6 Å². The number of fused-ring (bicyclic) bond motifs is 9. The van der Waals surface area contributed by atoms with Crippen LogP contribution in [-0.2, 0) is 46.9 Å². The van der Waals surface area contributed by atoms with Gasteiger partial charge in [0.25, 0.3) is 0 Å². The summed E-state index contributed by atoms with van der Waals surface area (Å²) < 4.78 is 49.1. The van der Waals surface area contributed by atoms with E-state index in [0.29, 0.717) is 48.1 Å². The van der Waals surface area contributed by atoms with Gasteiger partial charge < -0.3 is 43.0 Å². The first-order valence-corrected chi connectivity index (χ1v) is 20.4.